The first-order valence-electron chi connectivity index (χ1n) is 8.66. The van der Waals surface area contributed by atoms with E-state index < -0.39 is 11.7 Å². The summed E-state index contributed by atoms with van der Waals surface area (Å²) in [4.78, 5) is 8.35. The summed E-state index contributed by atoms with van der Waals surface area (Å²) in [5, 5.41) is 7.70. The van der Waals surface area contributed by atoms with Gasteiger partial charge in [0.05, 0.1) is 17.5 Å². The van der Waals surface area contributed by atoms with Gasteiger partial charge >= 0.3 is 6.18 Å². The number of nitrogens with zero attached hydrogens (tertiary/aromatic N) is 4. The summed E-state index contributed by atoms with van der Waals surface area (Å²) in [5.41, 5.74) is 2.46. The second-order valence-corrected chi connectivity index (χ2v) is 6.24. The number of rotatable bonds is 5. The number of nitrogens with one attached hydrogen (secondary N) is 1. The molecule has 0 fully saturated rings. The summed E-state index contributed by atoms with van der Waals surface area (Å²) in [5.74, 6) is 0.618. The Balaban J connectivity index is 1.49. The van der Waals surface area contributed by atoms with Crippen LogP contribution in [-0.2, 0) is 12.6 Å². The fourth-order valence-corrected chi connectivity index (χ4v) is 2.93. The molecule has 1 aromatic carbocycles. The van der Waals surface area contributed by atoms with E-state index in [9.17, 15) is 13.2 Å². The Bertz CT molecular complexity index is 1090. The summed E-state index contributed by atoms with van der Waals surface area (Å²) in [6.07, 6.45) is 1.26. The molecule has 0 aliphatic heterocycles. The van der Waals surface area contributed by atoms with E-state index in [1.807, 2.05) is 18.2 Å². The largest absolute Gasteiger partial charge is 0.416 e. The van der Waals surface area contributed by atoms with Crippen molar-refractivity contribution in [2.45, 2.75) is 12.6 Å². The average Bonchev–Trinajstić information content (AvgIpc) is 3.12. The minimum Gasteiger partial charge on any atom is -0.368 e. The first-order chi connectivity index (χ1) is 13.5. The molecule has 3 heterocycles. The molecule has 0 saturated heterocycles. The topological polar surface area (TPSA) is 55.1 Å². The normalized spacial score (nSPS) is 11.7. The molecule has 142 valence electrons. The number of aromatic nitrogens is 4. The molecule has 0 aliphatic rings. The van der Waals surface area contributed by atoms with Crippen molar-refractivity contribution in [3.8, 4) is 11.3 Å². The van der Waals surface area contributed by atoms with E-state index >= 15 is 0 Å². The summed E-state index contributed by atoms with van der Waals surface area (Å²) in [6.45, 7) is 0.457. The lowest BCUT2D eigenvalue weighted by Gasteiger charge is -2.10. The number of halogens is 3. The zero-order valence-electron chi connectivity index (χ0n) is 14.7. The third-order valence-corrected chi connectivity index (χ3v) is 4.31. The quantitative estimate of drug-likeness (QED) is 0.553. The minimum atomic E-state index is -4.33. The predicted octanol–water partition coefficient (Wildman–Crippen LogP) is 4.46. The van der Waals surface area contributed by atoms with E-state index in [1.165, 1.54) is 12.1 Å². The van der Waals surface area contributed by atoms with Crippen LogP contribution in [0, 0.1) is 0 Å². The van der Waals surface area contributed by atoms with Crippen LogP contribution in [0.2, 0.25) is 0 Å². The van der Waals surface area contributed by atoms with Gasteiger partial charge in [-0.2, -0.15) is 13.2 Å². The number of alkyl halides is 3. The number of benzene rings is 1. The molecule has 1 N–H and O–H groups in total. The van der Waals surface area contributed by atoms with Crippen LogP contribution in [0.5, 0.6) is 0 Å². The van der Waals surface area contributed by atoms with Crippen LogP contribution in [0.15, 0.2) is 67.1 Å². The molecule has 5 nitrogen and oxygen atoms in total. The molecule has 0 atom stereocenters. The highest BCUT2D eigenvalue weighted by atomic mass is 19.4. The highest BCUT2D eigenvalue weighted by Gasteiger charge is 2.30. The molecule has 0 aliphatic carbocycles. The zero-order chi connectivity index (χ0) is 19.6. The van der Waals surface area contributed by atoms with E-state index in [1.54, 1.807) is 35.2 Å². The van der Waals surface area contributed by atoms with Gasteiger partial charge in [-0.1, -0.05) is 18.2 Å². The number of imidazole rings is 1. The molecule has 0 bridgehead atoms. The van der Waals surface area contributed by atoms with Crippen molar-refractivity contribution >= 4 is 11.5 Å². The van der Waals surface area contributed by atoms with Crippen molar-refractivity contribution in [1.82, 2.24) is 19.6 Å². The maximum Gasteiger partial charge on any atom is 0.416 e. The highest BCUT2D eigenvalue weighted by Crippen LogP contribution is 2.29. The van der Waals surface area contributed by atoms with Gasteiger partial charge in [0, 0.05) is 24.5 Å². The van der Waals surface area contributed by atoms with Gasteiger partial charge in [0.1, 0.15) is 5.82 Å². The van der Waals surface area contributed by atoms with Crippen LogP contribution in [0.4, 0.5) is 19.0 Å². The molecule has 0 radical (unpaired) electrons. The highest BCUT2D eigenvalue weighted by molar-refractivity contribution is 5.63. The van der Waals surface area contributed by atoms with E-state index in [0.29, 0.717) is 30.0 Å². The molecule has 0 unspecified atom stereocenters. The van der Waals surface area contributed by atoms with Gasteiger partial charge in [0.2, 0.25) is 0 Å². The maximum absolute atomic E-state index is 12.8. The first-order valence-corrected chi connectivity index (χ1v) is 8.66. The van der Waals surface area contributed by atoms with E-state index in [4.69, 9.17) is 0 Å². The lowest BCUT2D eigenvalue weighted by molar-refractivity contribution is -0.137. The SMILES string of the molecule is FC(F)(F)c1cccc(CCNc2ccc3ncc(-c4ccncc4)n3n2)c1. The number of fused-ring (bicyclic) bond motifs is 1. The Morgan fingerprint density at radius 2 is 1.82 bits per heavy atom. The Labute approximate surface area is 158 Å². The lowest BCUT2D eigenvalue weighted by atomic mass is 10.1. The number of hydrogen-bond acceptors (Lipinski definition) is 4. The third kappa shape index (κ3) is 3.80. The fourth-order valence-electron chi connectivity index (χ4n) is 2.93. The Kier molecular flexibility index (Phi) is 4.68. The van der Waals surface area contributed by atoms with Gasteiger partial charge in [-0.3, -0.25) is 4.98 Å². The molecule has 0 spiro atoms. The third-order valence-electron chi connectivity index (χ3n) is 4.31. The summed E-state index contributed by atoms with van der Waals surface area (Å²) in [6, 6.07) is 12.7. The summed E-state index contributed by atoms with van der Waals surface area (Å²) < 4.78 is 40.2. The van der Waals surface area contributed by atoms with E-state index in [2.05, 4.69) is 20.4 Å². The Hall–Kier alpha value is -3.42. The predicted molar refractivity (Wildman–Crippen MR) is 99.9 cm³/mol. The zero-order valence-corrected chi connectivity index (χ0v) is 14.7. The monoisotopic (exact) mass is 383 g/mol. The smallest absolute Gasteiger partial charge is 0.368 e. The molecular weight excluding hydrogens is 367 g/mol. The van der Waals surface area contributed by atoms with E-state index in [0.717, 1.165) is 17.3 Å². The van der Waals surface area contributed by atoms with Crippen LogP contribution in [0.1, 0.15) is 11.1 Å². The Morgan fingerprint density at radius 3 is 2.61 bits per heavy atom. The van der Waals surface area contributed by atoms with Crippen LogP contribution < -0.4 is 5.32 Å². The molecule has 3 aromatic heterocycles. The standard InChI is InChI=1S/C20H16F3N5/c21-20(22,23)16-3-1-2-14(12-16)6-11-25-18-4-5-19-26-13-17(28(19)27-18)15-7-9-24-10-8-15/h1-5,7-10,12-13H,6,11H2,(H,25,27). The molecule has 28 heavy (non-hydrogen) atoms. The molecule has 0 amide bonds. The number of pyridine rings is 1. The molecule has 4 aromatic rings. The van der Waals surface area contributed by atoms with Crippen molar-refractivity contribution in [1.29, 1.82) is 0 Å². The first kappa shape index (κ1) is 18.0. The minimum absolute atomic E-state index is 0.449. The van der Waals surface area contributed by atoms with Crippen LogP contribution >= 0.6 is 0 Å². The van der Waals surface area contributed by atoms with Gasteiger partial charge in [0.15, 0.2) is 5.65 Å². The van der Waals surface area contributed by atoms with Crippen LogP contribution in [0.25, 0.3) is 16.9 Å². The van der Waals surface area contributed by atoms with Crippen molar-refractivity contribution in [3.63, 3.8) is 0 Å². The van der Waals surface area contributed by atoms with Crippen molar-refractivity contribution in [2.75, 3.05) is 11.9 Å². The molecule has 8 heteroatoms. The lowest BCUT2D eigenvalue weighted by Crippen LogP contribution is -2.10. The number of hydrogen-bond donors (Lipinski definition) is 1. The van der Waals surface area contributed by atoms with Gasteiger partial charge in [0.25, 0.3) is 0 Å². The second-order valence-electron chi connectivity index (χ2n) is 6.24. The Morgan fingerprint density at radius 1 is 1.00 bits per heavy atom. The van der Waals surface area contributed by atoms with Gasteiger partial charge in [-0.25, -0.2) is 9.50 Å². The van der Waals surface area contributed by atoms with Gasteiger partial charge in [-0.15, -0.1) is 5.10 Å². The maximum atomic E-state index is 12.8. The fraction of sp³-hybridized carbons (Fsp3) is 0.150. The summed E-state index contributed by atoms with van der Waals surface area (Å²) >= 11 is 0. The average molecular weight is 383 g/mol. The van der Waals surface area contributed by atoms with Crippen molar-refractivity contribution in [2.24, 2.45) is 0 Å². The summed E-state index contributed by atoms with van der Waals surface area (Å²) in [7, 11) is 0. The van der Waals surface area contributed by atoms with E-state index in [-0.39, 0.29) is 0 Å². The van der Waals surface area contributed by atoms with Crippen molar-refractivity contribution < 1.29 is 13.2 Å². The van der Waals surface area contributed by atoms with Crippen molar-refractivity contribution in [3.05, 3.63) is 78.2 Å². The van der Waals surface area contributed by atoms with Crippen LogP contribution in [-0.4, -0.2) is 26.1 Å². The molecule has 0 saturated carbocycles. The molecule has 4 rings (SSSR count). The number of anilines is 1. The second kappa shape index (κ2) is 7.30. The van der Waals surface area contributed by atoms with Gasteiger partial charge < -0.3 is 5.32 Å². The van der Waals surface area contributed by atoms with Gasteiger partial charge in [-0.05, 0) is 42.3 Å². The van der Waals surface area contributed by atoms with Crippen LogP contribution in [0.3, 0.4) is 0 Å². The molecular formula is C20H16F3N5.